The molecule has 5 unspecified atom stereocenters. The average molecular weight is 252 g/mol. The molecule has 0 radical (unpaired) electrons. The highest BCUT2D eigenvalue weighted by molar-refractivity contribution is 4.90. The van der Waals surface area contributed by atoms with Crippen LogP contribution in [0.25, 0.3) is 0 Å². The highest BCUT2D eigenvalue weighted by Crippen LogP contribution is 2.46. The standard InChI is InChI=1S/C17H32O/c1-12-6-5-7-13(10-12)15-11-14(17(2,3)4)8-9-16(15)18/h12-16,18H,5-11H2,1-4H3. The van der Waals surface area contributed by atoms with Gasteiger partial charge >= 0.3 is 0 Å². The summed E-state index contributed by atoms with van der Waals surface area (Å²) in [4.78, 5) is 0. The highest BCUT2D eigenvalue weighted by Gasteiger charge is 2.39. The lowest BCUT2D eigenvalue weighted by Gasteiger charge is -2.44. The summed E-state index contributed by atoms with van der Waals surface area (Å²) in [5, 5.41) is 10.4. The molecule has 5 atom stereocenters. The van der Waals surface area contributed by atoms with Crippen LogP contribution in [-0.4, -0.2) is 11.2 Å². The van der Waals surface area contributed by atoms with Gasteiger partial charge in [0.2, 0.25) is 0 Å². The summed E-state index contributed by atoms with van der Waals surface area (Å²) in [6.07, 6.45) is 9.03. The summed E-state index contributed by atoms with van der Waals surface area (Å²) in [6, 6.07) is 0. The Labute approximate surface area is 113 Å². The highest BCUT2D eigenvalue weighted by atomic mass is 16.3. The zero-order valence-corrected chi connectivity index (χ0v) is 12.8. The van der Waals surface area contributed by atoms with Gasteiger partial charge in [-0.2, -0.15) is 0 Å². The van der Waals surface area contributed by atoms with Crippen molar-refractivity contribution >= 4 is 0 Å². The molecule has 1 heteroatoms. The number of rotatable bonds is 1. The van der Waals surface area contributed by atoms with Crippen LogP contribution in [-0.2, 0) is 0 Å². The molecule has 2 fully saturated rings. The SMILES string of the molecule is CC1CCCC(C2CC(C(C)(C)C)CCC2O)C1. The second kappa shape index (κ2) is 5.53. The molecule has 1 nitrogen and oxygen atoms in total. The van der Waals surface area contributed by atoms with E-state index in [1.807, 2.05) is 0 Å². The fourth-order valence-corrected chi connectivity index (χ4v) is 4.35. The predicted molar refractivity (Wildman–Crippen MR) is 77.4 cm³/mol. The fourth-order valence-electron chi connectivity index (χ4n) is 4.35. The van der Waals surface area contributed by atoms with Crippen molar-refractivity contribution in [3.05, 3.63) is 0 Å². The second-order valence-corrected chi connectivity index (χ2v) is 8.14. The van der Waals surface area contributed by atoms with Gasteiger partial charge < -0.3 is 5.11 Å². The first-order valence-corrected chi connectivity index (χ1v) is 8.06. The first-order valence-electron chi connectivity index (χ1n) is 8.06. The lowest BCUT2D eigenvalue weighted by molar-refractivity contribution is -0.0197. The third-order valence-electron chi connectivity index (χ3n) is 5.67. The molecule has 2 rings (SSSR count). The summed E-state index contributed by atoms with van der Waals surface area (Å²) >= 11 is 0. The molecular weight excluding hydrogens is 220 g/mol. The Morgan fingerprint density at radius 1 is 0.944 bits per heavy atom. The molecule has 106 valence electrons. The van der Waals surface area contributed by atoms with Crippen molar-refractivity contribution in [2.24, 2.45) is 29.1 Å². The molecule has 0 aromatic carbocycles. The second-order valence-electron chi connectivity index (χ2n) is 8.14. The van der Waals surface area contributed by atoms with Crippen LogP contribution in [0.2, 0.25) is 0 Å². The third-order valence-corrected chi connectivity index (χ3v) is 5.67. The number of hydrogen-bond donors (Lipinski definition) is 1. The molecule has 0 saturated heterocycles. The summed E-state index contributed by atoms with van der Waals surface area (Å²) < 4.78 is 0. The van der Waals surface area contributed by atoms with E-state index in [-0.39, 0.29) is 6.10 Å². The van der Waals surface area contributed by atoms with Gasteiger partial charge in [0.25, 0.3) is 0 Å². The lowest BCUT2D eigenvalue weighted by atomic mass is 9.62. The first kappa shape index (κ1) is 14.4. The van der Waals surface area contributed by atoms with Crippen molar-refractivity contribution in [1.82, 2.24) is 0 Å². The zero-order valence-electron chi connectivity index (χ0n) is 12.8. The Bertz CT molecular complexity index is 265. The van der Waals surface area contributed by atoms with E-state index >= 15 is 0 Å². The van der Waals surface area contributed by atoms with Crippen LogP contribution in [0.5, 0.6) is 0 Å². The molecule has 0 bridgehead atoms. The van der Waals surface area contributed by atoms with Gasteiger partial charge in [0.15, 0.2) is 0 Å². The van der Waals surface area contributed by atoms with Crippen molar-refractivity contribution in [2.75, 3.05) is 0 Å². The van der Waals surface area contributed by atoms with Crippen molar-refractivity contribution in [3.8, 4) is 0 Å². The van der Waals surface area contributed by atoms with Gasteiger partial charge in [-0.25, -0.2) is 0 Å². The van der Waals surface area contributed by atoms with Crippen LogP contribution in [0.1, 0.15) is 72.6 Å². The molecular formula is C17H32O. The van der Waals surface area contributed by atoms with Crippen LogP contribution in [0, 0.1) is 29.1 Å². The Morgan fingerprint density at radius 2 is 1.67 bits per heavy atom. The van der Waals surface area contributed by atoms with E-state index in [9.17, 15) is 5.11 Å². The van der Waals surface area contributed by atoms with E-state index in [0.717, 1.165) is 24.2 Å². The minimum Gasteiger partial charge on any atom is -0.393 e. The zero-order chi connectivity index (χ0) is 13.3. The fraction of sp³-hybridized carbons (Fsp3) is 1.00. The molecule has 2 aliphatic carbocycles. The minimum atomic E-state index is -0.0149. The molecule has 0 aromatic heterocycles. The number of aliphatic hydroxyl groups is 1. The van der Waals surface area contributed by atoms with Crippen molar-refractivity contribution in [1.29, 1.82) is 0 Å². The van der Waals surface area contributed by atoms with E-state index in [0.29, 0.717) is 11.3 Å². The summed E-state index contributed by atoms with van der Waals surface area (Å²) in [5.41, 5.74) is 0.415. The first-order chi connectivity index (χ1) is 8.38. The topological polar surface area (TPSA) is 20.2 Å². The van der Waals surface area contributed by atoms with Gasteiger partial charge in [-0.3, -0.25) is 0 Å². The summed E-state index contributed by atoms with van der Waals surface area (Å²) in [6.45, 7) is 9.50. The van der Waals surface area contributed by atoms with E-state index in [2.05, 4.69) is 27.7 Å². The van der Waals surface area contributed by atoms with Gasteiger partial charge in [0, 0.05) is 0 Å². The molecule has 1 N–H and O–H groups in total. The van der Waals surface area contributed by atoms with Gasteiger partial charge in [-0.05, 0) is 54.8 Å². The number of aliphatic hydroxyl groups excluding tert-OH is 1. The van der Waals surface area contributed by atoms with Crippen LogP contribution < -0.4 is 0 Å². The van der Waals surface area contributed by atoms with E-state index < -0.39 is 0 Å². The van der Waals surface area contributed by atoms with E-state index in [1.54, 1.807) is 0 Å². The monoisotopic (exact) mass is 252 g/mol. The van der Waals surface area contributed by atoms with E-state index in [4.69, 9.17) is 0 Å². The molecule has 0 aromatic rings. The van der Waals surface area contributed by atoms with Gasteiger partial charge in [-0.15, -0.1) is 0 Å². The molecule has 18 heavy (non-hydrogen) atoms. The number of hydrogen-bond acceptors (Lipinski definition) is 1. The molecule has 2 saturated carbocycles. The molecule has 2 aliphatic rings. The normalized spacial score (nSPS) is 42.8. The largest absolute Gasteiger partial charge is 0.393 e. The van der Waals surface area contributed by atoms with E-state index in [1.165, 1.54) is 38.5 Å². The maximum absolute atomic E-state index is 10.4. The van der Waals surface area contributed by atoms with Gasteiger partial charge in [0.1, 0.15) is 0 Å². The Morgan fingerprint density at radius 3 is 2.28 bits per heavy atom. The Hall–Kier alpha value is -0.0400. The minimum absolute atomic E-state index is 0.0149. The quantitative estimate of drug-likeness (QED) is 0.721. The van der Waals surface area contributed by atoms with Crippen molar-refractivity contribution in [3.63, 3.8) is 0 Å². The average Bonchev–Trinajstić information content (AvgIpc) is 2.28. The molecule has 0 amide bonds. The van der Waals surface area contributed by atoms with Crippen LogP contribution >= 0.6 is 0 Å². The maximum Gasteiger partial charge on any atom is 0.0571 e. The molecule has 0 spiro atoms. The molecule has 0 aliphatic heterocycles. The van der Waals surface area contributed by atoms with Crippen LogP contribution in [0.15, 0.2) is 0 Å². The third kappa shape index (κ3) is 3.29. The predicted octanol–water partition coefficient (Wildman–Crippen LogP) is 4.64. The van der Waals surface area contributed by atoms with Crippen molar-refractivity contribution < 1.29 is 5.11 Å². The Balaban J connectivity index is 2.01. The summed E-state index contributed by atoms with van der Waals surface area (Å²) in [7, 11) is 0. The smallest absolute Gasteiger partial charge is 0.0571 e. The Kier molecular flexibility index (Phi) is 4.41. The van der Waals surface area contributed by atoms with Crippen LogP contribution in [0.4, 0.5) is 0 Å². The van der Waals surface area contributed by atoms with Crippen molar-refractivity contribution in [2.45, 2.75) is 78.7 Å². The lowest BCUT2D eigenvalue weighted by Crippen LogP contribution is -2.39. The van der Waals surface area contributed by atoms with Gasteiger partial charge in [0.05, 0.1) is 6.10 Å². The van der Waals surface area contributed by atoms with Gasteiger partial charge in [-0.1, -0.05) is 47.0 Å². The summed E-state index contributed by atoms with van der Waals surface area (Å²) in [5.74, 6) is 3.08. The molecule has 0 heterocycles. The maximum atomic E-state index is 10.4. The van der Waals surface area contributed by atoms with Crippen LogP contribution in [0.3, 0.4) is 0 Å².